The van der Waals surface area contributed by atoms with Crippen molar-refractivity contribution in [3.05, 3.63) is 17.5 Å². The van der Waals surface area contributed by atoms with Gasteiger partial charge < -0.3 is 15.0 Å². The fraction of sp³-hybridized carbons (Fsp3) is 0.429. The minimum atomic E-state index is 0.0799. The van der Waals surface area contributed by atoms with Crippen LogP contribution >= 0.6 is 11.8 Å². The van der Waals surface area contributed by atoms with Gasteiger partial charge in [-0.25, -0.2) is 0 Å². The third kappa shape index (κ3) is 3.47. The number of nitrogens with zero attached hydrogens (tertiary/aromatic N) is 1. The molecule has 1 aromatic rings. The lowest BCUT2D eigenvalue weighted by Gasteiger charge is -1.91. The molecule has 0 radical (unpaired) electrons. The van der Waals surface area contributed by atoms with Gasteiger partial charge in [0.25, 0.3) is 0 Å². The van der Waals surface area contributed by atoms with E-state index < -0.39 is 0 Å². The van der Waals surface area contributed by atoms with Gasteiger partial charge in [-0.15, -0.1) is 0 Å². The lowest BCUT2D eigenvalue weighted by molar-refractivity contribution is 0.156. The van der Waals surface area contributed by atoms with E-state index in [9.17, 15) is 0 Å². The van der Waals surface area contributed by atoms with Crippen LogP contribution in [0.15, 0.2) is 10.6 Å². The summed E-state index contributed by atoms with van der Waals surface area (Å²) in [6.45, 7) is 0.414. The van der Waals surface area contributed by atoms with Crippen LogP contribution in [-0.2, 0) is 17.1 Å². The Bertz CT molecular complexity index is 287. The molecule has 0 spiro atoms. The second-order valence-corrected chi connectivity index (χ2v) is 3.39. The predicted octanol–water partition coefficient (Wildman–Crippen LogP) is 0.948. The topological polar surface area (TPSA) is 85.1 Å². The SMILES string of the molecule is COCc1cc(CSC(=N)N)no1. The zero-order valence-corrected chi connectivity index (χ0v) is 8.06. The van der Waals surface area contributed by atoms with Gasteiger partial charge in [0.2, 0.25) is 0 Å². The maximum absolute atomic E-state index is 6.99. The highest BCUT2D eigenvalue weighted by atomic mass is 32.2. The van der Waals surface area contributed by atoms with Crippen LogP contribution in [0.4, 0.5) is 0 Å². The van der Waals surface area contributed by atoms with Gasteiger partial charge >= 0.3 is 0 Å². The van der Waals surface area contributed by atoms with Crippen molar-refractivity contribution in [2.24, 2.45) is 5.73 Å². The summed E-state index contributed by atoms with van der Waals surface area (Å²) in [5.74, 6) is 1.24. The zero-order valence-electron chi connectivity index (χ0n) is 7.24. The standard InChI is InChI=1S/C7H11N3O2S/c1-11-3-6-2-5(10-12-6)4-13-7(8)9/h2H,3-4H2,1H3,(H3,8,9). The van der Waals surface area contributed by atoms with E-state index in [1.807, 2.05) is 0 Å². The van der Waals surface area contributed by atoms with Crippen LogP contribution in [0, 0.1) is 5.41 Å². The monoisotopic (exact) mass is 201 g/mol. The van der Waals surface area contributed by atoms with Crippen LogP contribution in [0.25, 0.3) is 0 Å². The summed E-state index contributed by atoms with van der Waals surface area (Å²) >= 11 is 1.21. The minimum absolute atomic E-state index is 0.0799. The van der Waals surface area contributed by atoms with Crippen LogP contribution in [-0.4, -0.2) is 17.4 Å². The number of nitrogens with two attached hydrogens (primary N) is 1. The molecule has 0 saturated carbocycles. The Hall–Kier alpha value is -1.01. The van der Waals surface area contributed by atoms with Gasteiger partial charge in [0.05, 0.1) is 5.69 Å². The Balaban J connectivity index is 2.44. The van der Waals surface area contributed by atoms with Gasteiger partial charge in [-0.2, -0.15) is 0 Å². The Morgan fingerprint density at radius 2 is 2.62 bits per heavy atom. The highest BCUT2D eigenvalue weighted by molar-refractivity contribution is 8.13. The maximum atomic E-state index is 6.99. The number of hydrogen-bond acceptors (Lipinski definition) is 5. The first-order valence-electron chi connectivity index (χ1n) is 3.62. The molecule has 0 aliphatic carbocycles. The lowest BCUT2D eigenvalue weighted by Crippen LogP contribution is -2.03. The first-order chi connectivity index (χ1) is 6.22. The van der Waals surface area contributed by atoms with E-state index in [-0.39, 0.29) is 5.17 Å². The molecule has 0 amide bonds. The largest absolute Gasteiger partial charge is 0.379 e. The molecule has 0 fully saturated rings. The number of ether oxygens (including phenoxy) is 1. The lowest BCUT2D eigenvalue weighted by atomic mass is 10.4. The molecule has 1 rings (SSSR count). The van der Waals surface area contributed by atoms with Gasteiger partial charge in [-0.05, 0) is 0 Å². The van der Waals surface area contributed by atoms with E-state index in [1.54, 1.807) is 13.2 Å². The Labute approximate surface area is 80.1 Å². The Morgan fingerprint density at radius 3 is 3.23 bits per heavy atom. The van der Waals surface area contributed by atoms with E-state index in [4.69, 9.17) is 20.4 Å². The van der Waals surface area contributed by atoms with Crippen molar-refractivity contribution in [1.29, 1.82) is 5.41 Å². The molecule has 1 aromatic heterocycles. The quantitative estimate of drug-likeness (QED) is 0.559. The van der Waals surface area contributed by atoms with Crippen LogP contribution in [0.3, 0.4) is 0 Å². The van der Waals surface area contributed by atoms with Crippen molar-refractivity contribution >= 4 is 16.9 Å². The molecule has 0 aromatic carbocycles. The summed E-state index contributed by atoms with van der Waals surface area (Å²) in [5, 5.41) is 10.8. The predicted molar refractivity (Wildman–Crippen MR) is 50.4 cm³/mol. The minimum Gasteiger partial charge on any atom is -0.379 e. The number of amidine groups is 1. The molecule has 0 unspecified atom stereocenters. The summed E-state index contributed by atoms with van der Waals surface area (Å²) in [6.07, 6.45) is 0. The highest BCUT2D eigenvalue weighted by Crippen LogP contribution is 2.12. The highest BCUT2D eigenvalue weighted by Gasteiger charge is 2.03. The van der Waals surface area contributed by atoms with Gasteiger partial charge in [-0.3, -0.25) is 5.41 Å². The molecule has 0 atom stereocenters. The molecule has 6 heteroatoms. The fourth-order valence-electron chi connectivity index (χ4n) is 0.786. The Morgan fingerprint density at radius 1 is 1.85 bits per heavy atom. The van der Waals surface area contributed by atoms with E-state index in [0.29, 0.717) is 18.1 Å². The summed E-state index contributed by atoms with van der Waals surface area (Å²) in [7, 11) is 1.59. The Kier molecular flexibility index (Phi) is 3.78. The molecule has 72 valence electrons. The maximum Gasteiger partial charge on any atom is 0.162 e. The summed E-state index contributed by atoms with van der Waals surface area (Å²) in [6, 6.07) is 1.79. The number of thioether (sulfide) groups is 1. The molecule has 0 aliphatic rings. The van der Waals surface area contributed by atoms with Gasteiger partial charge in [0, 0.05) is 18.9 Å². The summed E-state index contributed by atoms with van der Waals surface area (Å²) in [5.41, 5.74) is 5.94. The molecule has 0 saturated heterocycles. The zero-order chi connectivity index (χ0) is 9.68. The molecule has 3 N–H and O–H groups in total. The second kappa shape index (κ2) is 4.88. The molecular weight excluding hydrogens is 190 g/mol. The first kappa shape index (κ1) is 10.1. The van der Waals surface area contributed by atoms with Crippen molar-refractivity contribution in [2.45, 2.75) is 12.4 Å². The average Bonchev–Trinajstić information content (AvgIpc) is 2.50. The summed E-state index contributed by atoms with van der Waals surface area (Å²) in [4.78, 5) is 0. The molecule has 0 aliphatic heterocycles. The van der Waals surface area contributed by atoms with Crippen molar-refractivity contribution < 1.29 is 9.26 Å². The molecule has 5 nitrogen and oxygen atoms in total. The smallest absolute Gasteiger partial charge is 0.162 e. The van der Waals surface area contributed by atoms with Crippen LogP contribution in [0.5, 0.6) is 0 Å². The van der Waals surface area contributed by atoms with E-state index in [0.717, 1.165) is 5.69 Å². The van der Waals surface area contributed by atoms with E-state index in [1.165, 1.54) is 11.8 Å². The van der Waals surface area contributed by atoms with Crippen molar-refractivity contribution in [3.8, 4) is 0 Å². The first-order valence-corrected chi connectivity index (χ1v) is 4.61. The number of aromatic nitrogens is 1. The van der Waals surface area contributed by atoms with Gasteiger partial charge in [0.15, 0.2) is 10.9 Å². The molecule has 1 heterocycles. The van der Waals surface area contributed by atoms with Crippen LogP contribution in [0.2, 0.25) is 0 Å². The molecular formula is C7H11N3O2S. The molecule has 13 heavy (non-hydrogen) atoms. The summed E-state index contributed by atoms with van der Waals surface area (Å²) < 4.78 is 9.80. The molecule has 0 bridgehead atoms. The third-order valence-electron chi connectivity index (χ3n) is 1.27. The fourth-order valence-corrected chi connectivity index (χ4v) is 1.23. The van der Waals surface area contributed by atoms with E-state index in [2.05, 4.69) is 5.16 Å². The van der Waals surface area contributed by atoms with Crippen LogP contribution in [0.1, 0.15) is 11.5 Å². The van der Waals surface area contributed by atoms with Crippen LogP contribution < -0.4 is 5.73 Å². The van der Waals surface area contributed by atoms with Crippen molar-refractivity contribution in [2.75, 3.05) is 7.11 Å². The third-order valence-corrected chi connectivity index (χ3v) is 2.02. The van der Waals surface area contributed by atoms with E-state index >= 15 is 0 Å². The number of methoxy groups -OCH3 is 1. The average molecular weight is 201 g/mol. The number of hydrogen-bond donors (Lipinski definition) is 2. The van der Waals surface area contributed by atoms with Gasteiger partial charge in [0.1, 0.15) is 6.61 Å². The van der Waals surface area contributed by atoms with Crippen molar-refractivity contribution in [3.63, 3.8) is 0 Å². The van der Waals surface area contributed by atoms with Gasteiger partial charge in [-0.1, -0.05) is 16.9 Å². The second-order valence-electron chi connectivity index (χ2n) is 2.37. The van der Waals surface area contributed by atoms with Crippen molar-refractivity contribution in [1.82, 2.24) is 5.16 Å². The number of nitrogens with one attached hydrogen (secondary N) is 1. The number of rotatable bonds is 4. The normalized spacial score (nSPS) is 10.2.